The summed E-state index contributed by atoms with van der Waals surface area (Å²) >= 11 is 0. The number of hydrogen-bond donors (Lipinski definition) is 0. The summed E-state index contributed by atoms with van der Waals surface area (Å²) in [5.41, 5.74) is 1.54. The van der Waals surface area contributed by atoms with Gasteiger partial charge in [0.25, 0.3) is 0 Å². The third-order valence-electron chi connectivity index (χ3n) is 16.2. The molecule has 2 spiro atoms. The number of esters is 1. The van der Waals surface area contributed by atoms with Crippen molar-refractivity contribution in [1.82, 2.24) is 4.90 Å². The number of rotatable bonds is 6. The van der Waals surface area contributed by atoms with Crippen LogP contribution in [-0.2, 0) is 28.5 Å². The monoisotopic (exact) mass is 637 g/mol. The number of ether oxygens (including phenoxy) is 4. The average Bonchev–Trinajstić information content (AvgIpc) is 3.93. The molecule has 0 radical (unpaired) electrons. The molecule has 6 saturated carbocycles. The van der Waals surface area contributed by atoms with Gasteiger partial charge in [-0.15, -0.1) is 0 Å². The maximum atomic E-state index is 12.9. The van der Waals surface area contributed by atoms with E-state index >= 15 is 0 Å². The summed E-state index contributed by atoms with van der Waals surface area (Å²) in [7, 11) is 1.44. The maximum absolute atomic E-state index is 12.9. The lowest BCUT2D eigenvalue weighted by Gasteiger charge is -2.63. The van der Waals surface area contributed by atoms with E-state index in [9.17, 15) is 9.59 Å². The molecule has 0 aromatic heterocycles. The number of carbonyl (C=O) groups is 2. The number of morpholine rings is 1. The molecule has 1 amide bonds. The Bertz CT molecular complexity index is 1280. The molecule has 2 saturated heterocycles. The van der Waals surface area contributed by atoms with Crippen molar-refractivity contribution in [1.29, 1.82) is 0 Å². The van der Waals surface area contributed by atoms with Gasteiger partial charge in [0.15, 0.2) is 6.29 Å². The molecule has 8 aliphatic rings. The zero-order chi connectivity index (χ0) is 32.3. The second-order valence-electron chi connectivity index (χ2n) is 18.3. The Kier molecular flexibility index (Phi) is 7.45. The standard InChI is InChI=1S/C39H59NO6/c1-24-19-26(9-12-32(42)43-6)45-27-21-37(5)29-11-10-28-35(2,3)30(46-33-22-40(17-18-44-33)31(41)20-25-7-8-25)13-14-38(28)23-39(29,38)16-15-36(37,4)34(24)27/h9,12,24-30,33-34H,7-8,10-11,13-23H2,1-6H3/b12-9+/t24-,26?,27?,28?,29+,30+,33?,34?,36-,37+,38-,39+/m1/s1. The number of nitrogens with zero attached hydrogens (tertiary/aromatic N) is 1. The largest absolute Gasteiger partial charge is 0.466 e. The number of carbonyl (C=O) groups excluding carboxylic acids is 2. The highest BCUT2D eigenvalue weighted by Crippen LogP contribution is 2.89. The highest BCUT2D eigenvalue weighted by molar-refractivity contribution is 5.81. The van der Waals surface area contributed by atoms with Crippen molar-refractivity contribution >= 4 is 11.9 Å². The molecular formula is C39H59NO6. The Balaban J connectivity index is 0.978. The van der Waals surface area contributed by atoms with Gasteiger partial charge < -0.3 is 23.8 Å². The molecule has 8 fully saturated rings. The summed E-state index contributed by atoms with van der Waals surface area (Å²) in [5, 5.41) is 0. The Labute approximate surface area is 276 Å². The summed E-state index contributed by atoms with van der Waals surface area (Å²) in [5.74, 6) is 3.18. The summed E-state index contributed by atoms with van der Waals surface area (Å²) in [6, 6.07) is 0. The van der Waals surface area contributed by atoms with Crippen LogP contribution in [0.15, 0.2) is 12.2 Å². The van der Waals surface area contributed by atoms with Gasteiger partial charge >= 0.3 is 5.97 Å². The zero-order valence-corrected chi connectivity index (χ0v) is 29.4. The second kappa shape index (κ2) is 10.8. The summed E-state index contributed by atoms with van der Waals surface area (Å²) in [6.45, 7) is 14.6. The number of fused-ring (bicyclic) bond motifs is 4. The lowest BCUT2D eigenvalue weighted by molar-refractivity contribution is -0.246. The fourth-order valence-corrected chi connectivity index (χ4v) is 13.8. The van der Waals surface area contributed by atoms with Crippen molar-refractivity contribution in [3.63, 3.8) is 0 Å². The van der Waals surface area contributed by atoms with Gasteiger partial charge in [-0.05, 0) is 133 Å². The first-order valence-electron chi connectivity index (χ1n) is 18.8. The molecule has 46 heavy (non-hydrogen) atoms. The molecule has 2 aliphatic heterocycles. The molecule has 0 aromatic rings. The quantitative estimate of drug-likeness (QED) is 0.232. The Hall–Kier alpha value is -1.44. The number of amides is 1. The van der Waals surface area contributed by atoms with Crippen molar-refractivity contribution in [2.45, 2.75) is 136 Å². The lowest BCUT2D eigenvalue weighted by Crippen LogP contribution is -2.58. The van der Waals surface area contributed by atoms with E-state index in [1.165, 1.54) is 58.5 Å². The minimum absolute atomic E-state index is 0.00714. The maximum Gasteiger partial charge on any atom is 0.330 e. The summed E-state index contributed by atoms with van der Waals surface area (Å²) < 4.78 is 24.7. The second-order valence-corrected chi connectivity index (χ2v) is 18.3. The van der Waals surface area contributed by atoms with Crippen LogP contribution in [0, 0.1) is 56.7 Å². The zero-order valence-electron chi connectivity index (χ0n) is 29.4. The number of hydrogen-bond acceptors (Lipinski definition) is 6. The molecule has 2 heterocycles. The van der Waals surface area contributed by atoms with Gasteiger partial charge in [-0.3, -0.25) is 4.79 Å². The van der Waals surface area contributed by atoms with E-state index in [-0.39, 0.29) is 52.7 Å². The van der Waals surface area contributed by atoms with Crippen LogP contribution in [0.3, 0.4) is 0 Å². The molecule has 0 aromatic carbocycles. The minimum Gasteiger partial charge on any atom is -0.466 e. The van der Waals surface area contributed by atoms with E-state index in [0.717, 1.165) is 25.2 Å². The van der Waals surface area contributed by atoms with E-state index in [0.29, 0.717) is 60.6 Å². The first-order valence-corrected chi connectivity index (χ1v) is 18.8. The molecule has 7 nitrogen and oxygen atoms in total. The Morgan fingerprint density at radius 3 is 2.48 bits per heavy atom. The first kappa shape index (κ1) is 31.8. The van der Waals surface area contributed by atoms with Gasteiger partial charge in [-0.2, -0.15) is 0 Å². The average molecular weight is 638 g/mol. The van der Waals surface area contributed by atoms with Crippen molar-refractivity contribution in [2.24, 2.45) is 56.7 Å². The predicted octanol–water partition coefficient (Wildman–Crippen LogP) is 6.93. The van der Waals surface area contributed by atoms with Crippen LogP contribution in [0.5, 0.6) is 0 Å². The summed E-state index contributed by atoms with van der Waals surface area (Å²) in [4.78, 5) is 26.7. The van der Waals surface area contributed by atoms with Crippen LogP contribution in [-0.4, -0.2) is 68.2 Å². The van der Waals surface area contributed by atoms with E-state index in [4.69, 9.17) is 18.9 Å². The molecule has 256 valence electrons. The van der Waals surface area contributed by atoms with Gasteiger partial charge in [0, 0.05) is 19.0 Å². The van der Waals surface area contributed by atoms with Gasteiger partial charge in [0.2, 0.25) is 5.91 Å². The molecule has 5 unspecified atom stereocenters. The van der Waals surface area contributed by atoms with Gasteiger partial charge in [0.1, 0.15) is 0 Å². The molecule has 8 rings (SSSR count). The fourth-order valence-electron chi connectivity index (χ4n) is 13.8. The van der Waals surface area contributed by atoms with Crippen LogP contribution >= 0.6 is 0 Å². The van der Waals surface area contributed by atoms with Gasteiger partial charge in [0.05, 0.1) is 38.6 Å². The lowest BCUT2D eigenvalue weighted by atomic mass is 9.41. The van der Waals surface area contributed by atoms with E-state index in [1.54, 1.807) is 6.08 Å². The molecule has 0 bridgehead atoms. The molecule has 0 N–H and O–H groups in total. The molecule has 12 atom stereocenters. The van der Waals surface area contributed by atoms with Gasteiger partial charge in [-0.1, -0.05) is 34.6 Å². The van der Waals surface area contributed by atoms with Crippen molar-refractivity contribution < 1.29 is 28.5 Å². The van der Waals surface area contributed by atoms with E-state index < -0.39 is 0 Å². The Morgan fingerprint density at radius 2 is 1.72 bits per heavy atom. The molecular weight excluding hydrogens is 578 g/mol. The third kappa shape index (κ3) is 4.52. The van der Waals surface area contributed by atoms with Crippen LogP contribution in [0.25, 0.3) is 0 Å². The third-order valence-corrected chi connectivity index (χ3v) is 16.2. The van der Waals surface area contributed by atoms with Crippen molar-refractivity contribution in [2.75, 3.05) is 26.8 Å². The molecule has 7 heteroatoms. The highest BCUT2D eigenvalue weighted by Gasteiger charge is 2.83. The normalized spacial score (nSPS) is 50.5. The topological polar surface area (TPSA) is 74.3 Å². The smallest absolute Gasteiger partial charge is 0.330 e. The predicted molar refractivity (Wildman–Crippen MR) is 174 cm³/mol. The van der Waals surface area contributed by atoms with Crippen LogP contribution < -0.4 is 0 Å². The van der Waals surface area contributed by atoms with E-state index in [1.807, 2.05) is 11.0 Å². The highest BCUT2D eigenvalue weighted by atomic mass is 16.7. The summed E-state index contributed by atoms with van der Waals surface area (Å²) in [6.07, 6.45) is 17.9. The van der Waals surface area contributed by atoms with Crippen LogP contribution in [0.1, 0.15) is 112 Å². The van der Waals surface area contributed by atoms with Crippen LogP contribution in [0.2, 0.25) is 0 Å². The van der Waals surface area contributed by atoms with Gasteiger partial charge in [-0.25, -0.2) is 4.79 Å². The number of methoxy groups -OCH3 is 1. The van der Waals surface area contributed by atoms with Crippen molar-refractivity contribution in [3.05, 3.63) is 12.2 Å². The first-order chi connectivity index (χ1) is 21.9. The molecule has 6 aliphatic carbocycles. The minimum atomic E-state index is -0.302. The van der Waals surface area contributed by atoms with E-state index in [2.05, 4.69) is 34.6 Å². The Morgan fingerprint density at radius 1 is 0.957 bits per heavy atom. The van der Waals surface area contributed by atoms with Crippen LogP contribution in [0.4, 0.5) is 0 Å². The fraction of sp³-hybridized carbons (Fsp3) is 0.897. The SMILES string of the molecule is COC(=O)/C=C/C1C[C@@H](C)C2C(C[C@@]3(C)[C@@H]4CCC5C(C)(C)[C@@H](OC6CN(C(=O)CC7CC7)CCO6)CC[C@@]56C[C@@]46CC[C@]23C)O1. The van der Waals surface area contributed by atoms with Crippen molar-refractivity contribution in [3.8, 4) is 0 Å².